The molecule has 0 spiro atoms. The van der Waals surface area contributed by atoms with Crippen molar-refractivity contribution in [3.8, 4) is 0 Å². The van der Waals surface area contributed by atoms with E-state index in [0.29, 0.717) is 5.92 Å². The smallest absolute Gasteiger partial charge is 0.0570 e. The van der Waals surface area contributed by atoms with Crippen LogP contribution in [-0.2, 0) is 6.54 Å². The summed E-state index contributed by atoms with van der Waals surface area (Å²) >= 11 is 0. The number of pyridine rings is 1. The van der Waals surface area contributed by atoms with Gasteiger partial charge < -0.3 is 10.4 Å². The third-order valence-electron chi connectivity index (χ3n) is 3.05. The Morgan fingerprint density at radius 2 is 2.33 bits per heavy atom. The zero-order valence-corrected chi connectivity index (χ0v) is 9.11. The SMILES string of the molecule is Cc1cccnc1CNCC1CC(O)C1. The molecule has 3 heteroatoms. The highest BCUT2D eigenvalue weighted by Crippen LogP contribution is 2.26. The van der Waals surface area contributed by atoms with Crippen LogP contribution >= 0.6 is 0 Å². The average Bonchev–Trinajstić information content (AvgIpc) is 2.18. The first-order chi connectivity index (χ1) is 7.25. The molecule has 0 amide bonds. The second-order valence-corrected chi connectivity index (χ2v) is 4.39. The summed E-state index contributed by atoms with van der Waals surface area (Å²) in [6.07, 6.45) is 3.69. The number of hydrogen-bond donors (Lipinski definition) is 2. The second-order valence-electron chi connectivity index (χ2n) is 4.39. The van der Waals surface area contributed by atoms with Crippen LogP contribution < -0.4 is 5.32 Å². The van der Waals surface area contributed by atoms with Gasteiger partial charge in [-0.3, -0.25) is 4.98 Å². The molecule has 0 bridgehead atoms. The van der Waals surface area contributed by atoms with Gasteiger partial charge in [-0.05, 0) is 43.9 Å². The summed E-state index contributed by atoms with van der Waals surface area (Å²) in [7, 11) is 0. The van der Waals surface area contributed by atoms with Crippen LogP contribution in [0.3, 0.4) is 0 Å². The summed E-state index contributed by atoms with van der Waals surface area (Å²) in [5.74, 6) is 0.656. The standard InChI is InChI=1S/C12H18N2O/c1-9-3-2-4-14-12(9)8-13-7-10-5-11(15)6-10/h2-4,10-11,13,15H,5-8H2,1H3. The Kier molecular flexibility index (Phi) is 3.34. The highest BCUT2D eigenvalue weighted by Gasteiger charge is 2.26. The van der Waals surface area contributed by atoms with E-state index < -0.39 is 0 Å². The van der Waals surface area contributed by atoms with E-state index in [1.165, 1.54) is 5.56 Å². The Morgan fingerprint density at radius 3 is 3.00 bits per heavy atom. The molecule has 15 heavy (non-hydrogen) atoms. The third kappa shape index (κ3) is 2.76. The van der Waals surface area contributed by atoms with E-state index in [-0.39, 0.29) is 6.10 Å². The van der Waals surface area contributed by atoms with Crippen molar-refractivity contribution in [1.82, 2.24) is 10.3 Å². The number of aliphatic hydroxyl groups is 1. The van der Waals surface area contributed by atoms with E-state index in [2.05, 4.69) is 23.3 Å². The Balaban J connectivity index is 1.72. The maximum Gasteiger partial charge on any atom is 0.0570 e. The summed E-state index contributed by atoms with van der Waals surface area (Å²) in [4.78, 5) is 4.32. The van der Waals surface area contributed by atoms with Crippen molar-refractivity contribution in [3.05, 3.63) is 29.6 Å². The molecular formula is C12H18N2O. The fraction of sp³-hybridized carbons (Fsp3) is 0.583. The topological polar surface area (TPSA) is 45.2 Å². The van der Waals surface area contributed by atoms with Crippen molar-refractivity contribution in [2.24, 2.45) is 5.92 Å². The third-order valence-corrected chi connectivity index (χ3v) is 3.05. The molecule has 2 rings (SSSR count). The monoisotopic (exact) mass is 206 g/mol. The van der Waals surface area contributed by atoms with Crippen LogP contribution in [-0.4, -0.2) is 22.7 Å². The molecular weight excluding hydrogens is 188 g/mol. The molecule has 0 radical (unpaired) electrons. The molecule has 1 aliphatic rings. The summed E-state index contributed by atoms with van der Waals surface area (Å²) in [6.45, 7) is 3.91. The molecule has 3 nitrogen and oxygen atoms in total. The van der Waals surface area contributed by atoms with E-state index >= 15 is 0 Å². The highest BCUT2D eigenvalue weighted by atomic mass is 16.3. The number of aryl methyl sites for hydroxylation is 1. The lowest BCUT2D eigenvalue weighted by Gasteiger charge is -2.31. The minimum Gasteiger partial charge on any atom is -0.393 e. The van der Waals surface area contributed by atoms with Gasteiger partial charge in [0.05, 0.1) is 11.8 Å². The summed E-state index contributed by atoms with van der Waals surface area (Å²) in [6, 6.07) is 4.04. The molecule has 1 heterocycles. The van der Waals surface area contributed by atoms with Crippen molar-refractivity contribution < 1.29 is 5.11 Å². The van der Waals surface area contributed by atoms with Gasteiger partial charge in [-0.1, -0.05) is 6.07 Å². The van der Waals surface area contributed by atoms with E-state index in [1.807, 2.05) is 12.3 Å². The molecule has 1 aromatic heterocycles. The van der Waals surface area contributed by atoms with Gasteiger partial charge in [-0.15, -0.1) is 0 Å². The summed E-state index contributed by atoms with van der Waals surface area (Å²) in [5.41, 5.74) is 2.36. The lowest BCUT2D eigenvalue weighted by Crippen LogP contribution is -2.36. The maximum absolute atomic E-state index is 9.14. The number of rotatable bonds is 4. The van der Waals surface area contributed by atoms with Crippen LogP contribution in [0, 0.1) is 12.8 Å². The van der Waals surface area contributed by atoms with Crippen molar-refractivity contribution in [3.63, 3.8) is 0 Å². The largest absolute Gasteiger partial charge is 0.393 e. The molecule has 1 aromatic rings. The van der Waals surface area contributed by atoms with Gasteiger partial charge in [0.25, 0.3) is 0 Å². The van der Waals surface area contributed by atoms with Gasteiger partial charge in [0.1, 0.15) is 0 Å². The van der Waals surface area contributed by atoms with Crippen LogP contribution in [0.25, 0.3) is 0 Å². The summed E-state index contributed by atoms with van der Waals surface area (Å²) in [5, 5.41) is 12.5. The number of aliphatic hydroxyl groups excluding tert-OH is 1. The molecule has 0 unspecified atom stereocenters. The van der Waals surface area contributed by atoms with E-state index in [9.17, 15) is 0 Å². The van der Waals surface area contributed by atoms with Crippen LogP contribution in [0.1, 0.15) is 24.1 Å². The van der Waals surface area contributed by atoms with Gasteiger partial charge >= 0.3 is 0 Å². The predicted molar refractivity (Wildman–Crippen MR) is 59.4 cm³/mol. The van der Waals surface area contributed by atoms with Gasteiger partial charge in [0.15, 0.2) is 0 Å². The molecule has 1 saturated carbocycles. The van der Waals surface area contributed by atoms with E-state index in [0.717, 1.165) is 31.6 Å². The first-order valence-corrected chi connectivity index (χ1v) is 5.55. The fourth-order valence-corrected chi connectivity index (χ4v) is 1.97. The zero-order chi connectivity index (χ0) is 10.7. The molecule has 0 saturated heterocycles. The molecule has 0 aromatic carbocycles. The first-order valence-electron chi connectivity index (χ1n) is 5.55. The number of nitrogens with zero attached hydrogens (tertiary/aromatic N) is 1. The minimum absolute atomic E-state index is 0.0478. The Hall–Kier alpha value is -0.930. The Bertz CT molecular complexity index is 321. The van der Waals surface area contributed by atoms with Gasteiger partial charge in [-0.25, -0.2) is 0 Å². The maximum atomic E-state index is 9.14. The minimum atomic E-state index is -0.0478. The highest BCUT2D eigenvalue weighted by molar-refractivity contribution is 5.17. The number of aromatic nitrogens is 1. The van der Waals surface area contributed by atoms with Crippen LogP contribution in [0.2, 0.25) is 0 Å². The first kappa shape index (κ1) is 10.6. The lowest BCUT2D eigenvalue weighted by atomic mass is 9.82. The quantitative estimate of drug-likeness (QED) is 0.779. The van der Waals surface area contributed by atoms with Crippen molar-refractivity contribution in [2.45, 2.75) is 32.4 Å². The predicted octanol–water partition coefficient (Wildman–Crippen LogP) is 1.25. The molecule has 1 fully saturated rings. The number of hydrogen-bond acceptors (Lipinski definition) is 3. The van der Waals surface area contributed by atoms with E-state index in [4.69, 9.17) is 5.11 Å². The van der Waals surface area contributed by atoms with Gasteiger partial charge in [-0.2, -0.15) is 0 Å². The molecule has 0 atom stereocenters. The van der Waals surface area contributed by atoms with Gasteiger partial charge in [0, 0.05) is 12.7 Å². The van der Waals surface area contributed by atoms with Crippen molar-refractivity contribution in [1.29, 1.82) is 0 Å². The van der Waals surface area contributed by atoms with E-state index in [1.54, 1.807) is 0 Å². The van der Waals surface area contributed by atoms with Crippen LogP contribution in [0.15, 0.2) is 18.3 Å². The summed E-state index contributed by atoms with van der Waals surface area (Å²) < 4.78 is 0. The normalized spacial score (nSPS) is 24.9. The molecule has 0 aliphatic heterocycles. The molecule has 2 N–H and O–H groups in total. The molecule has 82 valence electrons. The van der Waals surface area contributed by atoms with Crippen molar-refractivity contribution in [2.75, 3.05) is 6.54 Å². The van der Waals surface area contributed by atoms with Crippen LogP contribution in [0.4, 0.5) is 0 Å². The Labute approximate surface area is 90.5 Å². The van der Waals surface area contributed by atoms with Gasteiger partial charge in [0.2, 0.25) is 0 Å². The van der Waals surface area contributed by atoms with Crippen molar-refractivity contribution >= 4 is 0 Å². The fourth-order valence-electron chi connectivity index (χ4n) is 1.97. The number of nitrogens with one attached hydrogen (secondary N) is 1. The second kappa shape index (κ2) is 4.73. The average molecular weight is 206 g/mol. The Morgan fingerprint density at radius 1 is 1.53 bits per heavy atom. The van der Waals surface area contributed by atoms with Crippen LogP contribution in [0.5, 0.6) is 0 Å². The lowest BCUT2D eigenvalue weighted by molar-refractivity contribution is 0.0429. The molecule has 1 aliphatic carbocycles. The zero-order valence-electron chi connectivity index (χ0n) is 9.11.